The number of nitrogens with zero attached hydrogens (tertiary/aromatic N) is 1. The Labute approximate surface area is 306 Å². The van der Waals surface area contributed by atoms with Crippen LogP contribution in [-0.2, 0) is 5.41 Å². The predicted molar refractivity (Wildman–Crippen MR) is 220 cm³/mol. The fourth-order valence-electron chi connectivity index (χ4n) is 9.55. The normalized spacial score (nSPS) is 13.4. The number of hydrogen-bond donors (Lipinski definition) is 0. The van der Waals surface area contributed by atoms with E-state index in [1.807, 2.05) is 12.1 Å². The third kappa shape index (κ3) is 3.77. The van der Waals surface area contributed by atoms with E-state index < -0.39 is 0 Å². The molecule has 0 N–H and O–H groups in total. The van der Waals surface area contributed by atoms with Gasteiger partial charge in [-0.25, -0.2) is 0 Å². The van der Waals surface area contributed by atoms with E-state index in [1.54, 1.807) is 0 Å². The number of para-hydroxylation sites is 2. The highest BCUT2D eigenvalue weighted by Gasteiger charge is 2.54. The molecule has 53 heavy (non-hydrogen) atoms. The monoisotopic (exact) mass is 673 g/mol. The lowest BCUT2D eigenvalue weighted by Crippen LogP contribution is -2.43. The summed E-state index contributed by atoms with van der Waals surface area (Å²) in [7, 11) is 0. The minimum absolute atomic E-state index is 0.148. The molecule has 10 aromatic rings. The van der Waals surface area contributed by atoms with Crippen molar-refractivity contribution < 1.29 is 4.42 Å². The van der Waals surface area contributed by atoms with Crippen LogP contribution in [-0.4, -0.2) is 0 Å². The van der Waals surface area contributed by atoms with Gasteiger partial charge in [-0.2, -0.15) is 0 Å². The number of anilines is 3. The Morgan fingerprint density at radius 3 is 1.70 bits per heavy atom. The molecule has 0 fully saturated rings. The fourth-order valence-corrected chi connectivity index (χ4v) is 9.55. The van der Waals surface area contributed by atoms with Gasteiger partial charge in [0.1, 0.15) is 11.2 Å². The Balaban J connectivity index is 1.01. The van der Waals surface area contributed by atoms with E-state index in [0.29, 0.717) is 0 Å². The van der Waals surface area contributed by atoms with Gasteiger partial charge < -0.3 is 9.32 Å². The summed E-state index contributed by atoms with van der Waals surface area (Å²) < 4.78 is 6.43. The summed E-state index contributed by atoms with van der Waals surface area (Å²) in [5, 5.41) is 7.67. The molecule has 0 amide bonds. The third-order valence-electron chi connectivity index (χ3n) is 11.9. The summed E-state index contributed by atoms with van der Waals surface area (Å²) in [6.45, 7) is 0. The molecule has 12 rings (SSSR count). The maximum atomic E-state index is 6.43. The van der Waals surface area contributed by atoms with Crippen molar-refractivity contribution in [3.05, 3.63) is 210 Å². The second-order valence-electron chi connectivity index (χ2n) is 14.4. The van der Waals surface area contributed by atoms with Gasteiger partial charge in [-0.15, -0.1) is 0 Å². The van der Waals surface area contributed by atoms with Crippen LogP contribution in [0, 0.1) is 0 Å². The van der Waals surface area contributed by atoms with Crippen LogP contribution in [0.15, 0.2) is 192 Å². The second kappa shape index (κ2) is 10.6. The highest BCUT2D eigenvalue weighted by molar-refractivity contribution is 6.14. The largest absolute Gasteiger partial charge is 0.455 e. The van der Waals surface area contributed by atoms with Gasteiger partial charge in [-0.05, 0) is 91.5 Å². The van der Waals surface area contributed by atoms with E-state index in [1.165, 1.54) is 60.6 Å². The first-order chi connectivity index (χ1) is 26.3. The average molecular weight is 674 g/mol. The van der Waals surface area contributed by atoms with Gasteiger partial charge in [-0.1, -0.05) is 152 Å². The van der Waals surface area contributed by atoms with E-state index in [-0.39, 0.29) is 5.41 Å². The molecule has 2 aliphatic rings. The van der Waals surface area contributed by atoms with Crippen LogP contribution < -0.4 is 4.90 Å². The molecule has 0 aliphatic heterocycles. The molecule has 1 heterocycles. The van der Waals surface area contributed by atoms with Gasteiger partial charge in [0.15, 0.2) is 0 Å². The minimum atomic E-state index is -0.148. The Bertz CT molecular complexity index is 3050. The fraction of sp³-hybridized carbons (Fsp3) is 0.0196. The zero-order chi connectivity index (χ0) is 34.7. The molecule has 0 saturated heterocycles. The zero-order valence-corrected chi connectivity index (χ0v) is 28.8. The minimum Gasteiger partial charge on any atom is -0.455 e. The summed E-state index contributed by atoms with van der Waals surface area (Å²) in [5.41, 5.74) is 15.4. The van der Waals surface area contributed by atoms with Crippen molar-refractivity contribution in [3.63, 3.8) is 0 Å². The van der Waals surface area contributed by atoms with E-state index in [2.05, 4.69) is 181 Å². The number of benzene rings is 9. The predicted octanol–water partition coefficient (Wildman–Crippen LogP) is 13.7. The van der Waals surface area contributed by atoms with Crippen molar-refractivity contribution in [2.75, 3.05) is 4.90 Å². The average Bonchev–Trinajstić information content (AvgIpc) is 3.60. The molecule has 2 nitrogen and oxygen atoms in total. The van der Waals surface area contributed by atoms with Crippen molar-refractivity contribution in [1.29, 1.82) is 0 Å². The van der Waals surface area contributed by atoms with Crippen LogP contribution in [0.3, 0.4) is 0 Å². The SMILES string of the molecule is c1ccc(-c2ccc(N(c3ccc(-c4cccc5c4oc4ccccc45)cc3)c3ccc4c5c(cccc35)C43c4cccc5cccc3c45)cc2)cc1. The molecule has 0 radical (unpaired) electrons. The summed E-state index contributed by atoms with van der Waals surface area (Å²) in [5.74, 6) is 0. The molecule has 9 aromatic carbocycles. The second-order valence-corrected chi connectivity index (χ2v) is 14.4. The maximum Gasteiger partial charge on any atom is 0.143 e. The van der Waals surface area contributed by atoms with E-state index in [0.717, 1.165) is 44.4 Å². The smallest absolute Gasteiger partial charge is 0.143 e. The van der Waals surface area contributed by atoms with Crippen molar-refractivity contribution in [3.8, 4) is 22.3 Å². The molecular weight excluding hydrogens is 643 g/mol. The topological polar surface area (TPSA) is 16.4 Å². The Kier molecular flexibility index (Phi) is 5.73. The van der Waals surface area contributed by atoms with Crippen molar-refractivity contribution in [1.82, 2.24) is 0 Å². The van der Waals surface area contributed by atoms with Crippen molar-refractivity contribution >= 4 is 60.5 Å². The van der Waals surface area contributed by atoms with Crippen LogP contribution in [0.2, 0.25) is 0 Å². The lowest BCUT2D eigenvalue weighted by Gasteiger charge is -2.52. The van der Waals surface area contributed by atoms with Gasteiger partial charge in [0.25, 0.3) is 0 Å². The highest BCUT2D eigenvalue weighted by atomic mass is 16.3. The molecule has 246 valence electrons. The quantitative estimate of drug-likeness (QED) is 0.181. The van der Waals surface area contributed by atoms with Crippen LogP contribution in [0.1, 0.15) is 22.3 Å². The van der Waals surface area contributed by atoms with Crippen molar-refractivity contribution in [2.24, 2.45) is 0 Å². The molecular formula is C51H31NO. The summed E-state index contributed by atoms with van der Waals surface area (Å²) >= 11 is 0. The Hall–Kier alpha value is -6.90. The first kappa shape index (κ1) is 28.8. The van der Waals surface area contributed by atoms with Gasteiger partial charge in [-0.3, -0.25) is 0 Å². The highest BCUT2D eigenvalue weighted by Crippen LogP contribution is 2.65. The van der Waals surface area contributed by atoms with Crippen molar-refractivity contribution in [2.45, 2.75) is 5.41 Å². The zero-order valence-electron chi connectivity index (χ0n) is 28.8. The molecule has 2 heteroatoms. The standard InChI is InChI=1S/C51H31NO/c1-2-10-32(11-3-1)33-22-26-36(27-23-33)52(37-28-24-34(25-29-37)38-15-8-16-40-39-14-4-5-21-47(39)53-50(38)40)46-31-30-45-49-41(46)17-9-20-44(49)51(45)42-18-6-12-35-13-7-19-43(51)48(35)42/h1-31H. The summed E-state index contributed by atoms with van der Waals surface area (Å²) in [6, 6.07) is 68.5. The van der Waals surface area contributed by atoms with Gasteiger partial charge >= 0.3 is 0 Å². The third-order valence-corrected chi connectivity index (χ3v) is 11.9. The number of fused-ring (bicyclic) bond motifs is 7. The summed E-state index contributed by atoms with van der Waals surface area (Å²) in [4.78, 5) is 2.42. The van der Waals surface area contributed by atoms with Crippen LogP contribution >= 0.6 is 0 Å². The first-order valence-electron chi connectivity index (χ1n) is 18.3. The lowest BCUT2D eigenvalue weighted by molar-refractivity contribution is 0.670. The summed E-state index contributed by atoms with van der Waals surface area (Å²) in [6.07, 6.45) is 0. The Morgan fingerprint density at radius 2 is 0.943 bits per heavy atom. The van der Waals surface area contributed by atoms with Gasteiger partial charge in [0.2, 0.25) is 0 Å². The molecule has 0 unspecified atom stereocenters. The molecule has 0 saturated carbocycles. The number of furan rings is 1. The van der Waals surface area contributed by atoms with Crippen LogP contribution in [0.4, 0.5) is 17.1 Å². The van der Waals surface area contributed by atoms with Crippen LogP contribution in [0.5, 0.6) is 0 Å². The first-order valence-corrected chi connectivity index (χ1v) is 18.3. The molecule has 0 bridgehead atoms. The molecule has 0 atom stereocenters. The molecule has 1 aromatic heterocycles. The number of rotatable bonds is 5. The Morgan fingerprint density at radius 1 is 0.377 bits per heavy atom. The van der Waals surface area contributed by atoms with E-state index in [9.17, 15) is 0 Å². The molecule has 1 spiro atoms. The van der Waals surface area contributed by atoms with E-state index >= 15 is 0 Å². The lowest BCUT2D eigenvalue weighted by atomic mass is 9.49. The maximum absolute atomic E-state index is 6.43. The molecule has 2 aliphatic carbocycles. The number of hydrogen-bond acceptors (Lipinski definition) is 2. The van der Waals surface area contributed by atoms with Gasteiger partial charge in [0, 0.05) is 33.1 Å². The van der Waals surface area contributed by atoms with Crippen LogP contribution in [0.25, 0.3) is 65.7 Å². The van der Waals surface area contributed by atoms with Gasteiger partial charge in [0.05, 0.1) is 11.1 Å². The van der Waals surface area contributed by atoms with E-state index in [4.69, 9.17) is 4.42 Å².